The molecule has 0 saturated heterocycles. The van der Waals surface area contributed by atoms with E-state index < -0.39 is 0 Å². The summed E-state index contributed by atoms with van der Waals surface area (Å²) in [6.07, 6.45) is 0. The number of nitrogens with zero attached hydrogens (tertiary/aromatic N) is 2. The minimum Gasteiger partial charge on any atom is -0.248 e. The molecule has 2 heterocycles. The average Bonchev–Trinajstić information content (AvgIpc) is 2.45. The van der Waals surface area contributed by atoms with Gasteiger partial charge in [-0.3, -0.25) is 0 Å². The first-order valence-electron chi connectivity index (χ1n) is 6.06. The van der Waals surface area contributed by atoms with E-state index in [1.54, 1.807) is 0 Å². The van der Waals surface area contributed by atoms with Crippen LogP contribution in [0.4, 0.5) is 0 Å². The van der Waals surface area contributed by atoms with Gasteiger partial charge in [0.1, 0.15) is 5.15 Å². The third kappa shape index (κ3) is 1.65. The summed E-state index contributed by atoms with van der Waals surface area (Å²) in [5, 5.41) is 3.74. The Kier molecular flexibility index (Phi) is 2.20. The van der Waals surface area contributed by atoms with Gasteiger partial charge in [0.2, 0.25) is 0 Å². The van der Waals surface area contributed by atoms with Crippen LogP contribution in [0.2, 0.25) is 5.15 Å². The van der Waals surface area contributed by atoms with Crippen LogP contribution in [-0.2, 0) is 0 Å². The molecule has 0 atom stereocenters. The highest BCUT2D eigenvalue weighted by Gasteiger charge is 2.05. The number of para-hydroxylation sites is 1. The molecule has 4 aromatic rings. The van der Waals surface area contributed by atoms with Gasteiger partial charge in [-0.1, -0.05) is 35.9 Å². The molecule has 19 heavy (non-hydrogen) atoms. The van der Waals surface area contributed by atoms with Crippen LogP contribution >= 0.6 is 11.6 Å². The maximum atomic E-state index is 6.01. The second kappa shape index (κ2) is 3.90. The van der Waals surface area contributed by atoms with Crippen molar-refractivity contribution in [2.75, 3.05) is 0 Å². The molecular formula is C16H9ClN2. The minimum atomic E-state index is 0.508. The van der Waals surface area contributed by atoms with Crippen LogP contribution in [0.15, 0.2) is 54.6 Å². The molecule has 0 aliphatic heterocycles. The van der Waals surface area contributed by atoms with Crippen molar-refractivity contribution in [2.45, 2.75) is 0 Å². The van der Waals surface area contributed by atoms with Gasteiger partial charge in [0.05, 0.1) is 16.6 Å². The Hall–Kier alpha value is -2.19. The van der Waals surface area contributed by atoms with Crippen molar-refractivity contribution in [1.82, 2.24) is 9.97 Å². The van der Waals surface area contributed by atoms with Crippen LogP contribution in [0.5, 0.6) is 0 Å². The molecule has 0 amide bonds. The number of hydrogen-bond acceptors (Lipinski definition) is 2. The van der Waals surface area contributed by atoms with Crippen molar-refractivity contribution >= 4 is 44.3 Å². The molecule has 0 N–H and O–H groups in total. The summed E-state index contributed by atoms with van der Waals surface area (Å²) in [5.74, 6) is 0. The monoisotopic (exact) mass is 264 g/mol. The molecule has 0 radical (unpaired) electrons. The van der Waals surface area contributed by atoms with Gasteiger partial charge in [-0.25, -0.2) is 9.97 Å². The Bertz CT molecular complexity index is 931. The Morgan fingerprint density at radius 3 is 2.53 bits per heavy atom. The van der Waals surface area contributed by atoms with Crippen molar-refractivity contribution in [1.29, 1.82) is 0 Å². The summed E-state index contributed by atoms with van der Waals surface area (Å²) in [5.41, 5.74) is 2.85. The van der Waals surface area contributed by atoms with E-state index in [9.17, 15) is 0 Å². The first kappa shape index (κ1) is 10.7. The van der Waals surface area contributed by atoms with E-state index in [-0.39, 0.29) is 0 Å². The van der Waals surface area contributed by atoms with Crippen molar-refractivity contribution < 1.29 is 0 Å². The van der Waals surface area contributed by atoms with Crippen LogP contribution in [-0.4, -0.2) is 9.97 Å². The maximum absolute atomic E-state index is 6.01. The number of aromatic nitrogens is 2. The molecule has 2 nitrogen and oxygen atoms in total. The second-order valence-corrected chi connectivity index (χ2v) is 4.91. The molecule has 0 spiro atoms. The molecule has 0 aliphatic rings. The third-order valence-corrected chi connectivity index (χ3v) is 3.53. The Morgan fingerprint density at radius 2 is 1.58 bits per heavy atom. The standard InChI is InChI=1S/C16H9ClN2/c17-15-8-6-10-5-7-14-12(16(10)19-15)9-11-3-1-2-4-13(11)18-14/h1-9H. The number of hydrogen-bond donors (Lipinski definition) is 0. The lowest BCUT2D eigenvalue weighted by atomic mass is 10.1. The summed E-state index contributed by atoms with van der Waals surface area (Å²) < 4.78 is 0. The smallest absolute Gasteiger partial charge is 0.129 e. The molecule has 3 heteroatoms. The normalized spacial score (nSPS) is 11.4. The highest BCUT2D eigenvalue weighted by atomic mass is 35.5. The zero-order valence-electron chi connectivity index (χ0n) is 9.97. The third-order valence-electron chi connectivity index (χ3n) is 3.32. The lowest BCUT2D eigenvalue weighted by molar-refractivity contribution is 1.42. The van der Waals surface area contributed by atoms with Gasteiger partial charge < -0.3 is 0 Å². The van der Waals surface area contributed by atoms with Gasteiger partial charge in [0, 0.05) is 16.2 Å². The number of pyridine rings is 2. The van der Waals surface area contributed by atoms with Crippen molar-refractivity contribution in [3.63, 3.8) is 0 Å². The van der Waals surface area contributed by atoms with Crippen LogP contribution in [0.1, 0.15) is 0 Å². The fraction of sp³-hybridized carbons (Fsp3) is 0. The molecule has 0 aliphatic carbocycles. The molecule has 0 saturated carbocycles. The Labute approximate surface area is 114 Å². The fourth-order valence-electron chi connectivity index (χ4n) is 2.41. The SMILES string of the molecule is Clc1ccc2ccc3nc4ccccc4cc3c2n1. The van der Waals surface area contributed by atoms with Crippen molar-refractivity contribution in [2.24, 2.45) is 0 Å². The molecule has 2 aromatic carbocycles. The second-order valence-electron chi connectivity index (χ2n) is 4.52. The lowest BCUT2D eigenvalue weighted by Crippen LogP contribution is -1.86. The summed E-state index contributed by atoms with van der Waals surface area (Å²) in [7, 11) is 0. The molecule has 0 bridgehead atoms. The molecule has 4 rings (SSSR count). The lowest BCUT2D eigenvalue weighted by Gasteiger charge is -2.05. The van der Waals surface area contributed by atoms with Gasteiger partial charge in [0.15, 0.2) is 0 Å². The zero-order valence-corrected chi connectivity index (χ0v) is 10.7. The van der Waals surface area contributed by atoms with Crippen LogP contribution in [0.3, 0.4) is 0 Å². The highest BCUT2D eigenvalue weighted by Crippen LogP contribution is 2.27. The maximum Gasteiger partial charge on any atom is 0.129 e. The number of fused-ring (bicyclic) bond motifs is 4. The van der Waals surface area contributed by atoms with Crippen LogP contribution in [0.25, 0.3) is 32.7 Å². The highest BCUT2D eigenvalue weighted by molar-refractivity contribution is 6.30. The zero-order chi connectivity index (χ0) is 12.8. The molecular weight excluding hydrogens is 256 g/mol. The topological polar surface area (TPSA) is 25.8 Å². The van der Waals surface area contributed by atoms with E-state index in [4.69, 9.17) is 11.6 Å². The van der Waals surface area contributed by atoms with Crippen LogP contribution < -0.4 is 0 Å². The Balaban J connectivity index is 2.25. The molecule has 0 unspecified atom stereocenters. The van der Waals surface area contributed by atoms with Gasteiger partial charge >= 0.3 is 0 Å². The van der Waals surface area contributed by atoms with Crippen molar-refractivity contribution in [3.05, 3.63) is 59.8 Å². The summed E-state index contributed by atoms with van der Waals surface area (Å²) in [6.45, 7) is 0. The van der Waals surface area contributed by atoms with E-state index in [1.807, 2.05) is 42.5 Å². The summed E-state index contributed by atoms with van der Waals surface area (Å²) >= 11 is 6.01. The van der Waals surface area contributed by atoms with E-state index >= 15 is 0 Å². The summed E-state index contributed by atoms with van der Waals surface area (Å²) in [6, 6.07) is 18.1. The molecule has 0 fully saturated rings. The predicted octanol–water partition coefficient (Wildman–Crippen LogP) is 4.59. The molecule has 2 aromatic heterocycles. The Morgan fingerprint density at radius 1 is 0.737 bits per heavy atom. The van der Waals surface area contributed by atoms with Gasteiger partial charge in [-0.05, 0) is 30.3 Å². The van der Waals surface area contributed by atoms with Crippen LogP contribution in [0, 0.1) is 0 Å². The molecule has 90 valence electrons. The van der Waals surface area contributed by atoms with E-state index in [0.717, 1.165) is 32.7 Å². The number of halogens is 1. The first-order valence-corrected chi connectivity index (χ1v) is 6.44. The van der Waals surface area contributed by atoms with Gasteiger partial charge in [-0.2, -0.15) is 0 Å². The number of benzene rings is 2. The summed E-state index contributed by atoms with van der Waals surface area (Å²) in [4.78, 5) is 9.11. The largest absolute Gasteiger partial charge is 0.248 e. The minimum absolute atomic E-state index is 0.508. The predicted molar refractivity (Wildman–Crippen MR) is 79.6 cm³/mol. The van der Waals surface area contributed by atoms with Gasteiger partial charge in [-0.15, -0.1) is 0 Å². The average molecular weight is 265 g/mol. The van der Waals surface area contributed by atoms with E-state index in [2.05, 4.69) is 22.1 Å². The van der Waals surface area contributed by atoms with E-state index in [1.165, 1.54) is 0 Å². The van der Waals surface area contributed by atoms with E-state index in [0.29, 0.717) is 5.15 Å². The fourth-order valence-corrected chi connectivity index (χ4v) is 2.56. The first-order chi connectivity index (χ1) is 9.31. The quantitative estimate of drug-likeness (QED) is 0.264. The van der Waals surface area contributed by atoms with Crippen molar-refractivity contribution in [3.8, 4) is 0 Å². The van der Waals surface area contributed by atoms with Gasteiger partial charge in [0.25, 0.3) is 0 Å². The number of rotatable bonds is 0.